The highest BCUT2D eigenvalue weighted by Crippen LogP contribution is 2.30. The Labute approximate surface area is 160 Å². The summed E-state index contributed by atoms with van der Waals surface area (Å²) in [5, 5.41) is 10.4. The van der Waals surface area contributed by atoms with Gasteiger partial charge in [-0.05, 0) is 36.8 Å². The lowest BCUT2D eigenvalue weighted by atomic mass is 10.0. The summed E-state index contributed by atoms with van der Waals surface area (Å²) in [6, 6.07) is 14.1. The Morgan fingerprint density at radius 1 is 1.26 bits per heavy atom. The molecule has 2 heterocycles. The number of nitrogens with one attached hydrogen (secondary N) is 2. The molecule has 1 aromatic heterocycles. The van der Waals surface area contributed by atoms with Crippen LogP contribution in [0.2, 0.25) is 5.02 Å². The minimum Gasteiger partial charge on any atom is -0.295 e. The molecule has 0 fully saturated rings. The fraction of sp³-hybridized carbons (Fsp3) is 0.158. The van der Waals surface area contributed by atoms with Gasteiger partial charge in [0.25, 0.3) is 11.9 Å². The van der Waals surface area contributed by atoms with Crippen molar-refractivity contribution >= 4 is 35.3 Å². The molecular formula is C19H16ClN5O2. The minimum atomic E-state index is -0.317. The predicted molar refractivity (Wildman–Crippen MR) is 102 cm³/mol. The third kappa shape index (κ3) is 3.54. The molecule has 0 aliphatic carbocycles. The van der Waals surface area contributed by atoms with Gasteiger partial charge in [-0.2, -0.15) is 4.98 Å². The molecule has 1 aliphatic heterocycles. The maximum Gasteiger partial charge on any atom is 0.258 e. The normalized spacial score (nSPS) is 15.8. The Hall–Kier alpha value is -3.19. The molecule has 0 saturated carbocycles. The number of carbonyl (C=O) groups excluding carboxylic acids is 2. The average molecular weight is 382 g/mol. The Morgan fingerprint density at radius 3 is 2.78 bits per heavy atom. The van der Waals surface area contributed by atoms with Crippen LogP contribution >= 0.6 is 11.6 Å². The SMILES string of the molecule is Cc1cccc(C(=O)Nc2nc3n(n2)C(c2ccc(Cl)cc2)CC(=O)N3)c1. The van der Waals surface area contributed by atoms with E-state index in [0.717, 1.165) is 11.1 Å². The van der Waals surface area contributed by atoms with Crippen molar-refractivity contribution in [1.82, 2.24) is 14.8 Å². The van der Waals surface area contributed by atoms with Crippen LogP contribution in [0.15, 0.2) is 48.5 Å². The quantitative estimate of drug-likeness (QED) is 0.727. The first-order chi connectivity index (χ1) is 13.0. The van der Waals surface area contributed by atoms with Gasteiger partial charge >= 0.3 is 0 Å². The van der Waals surface area contributed by atoms with Crippen molar-refractivity contribution in [2.24, 2.45) is 0 Å². The van der Waals surface area contributed by atoms with Gasteiger partial charge in [0.1, 0.15) is 0 Å². The zero-order valence-corrected chi connectivity index (χ0v) is 15.2. The lowest BCUT2D eigenvalue weighted by Gasteiger charge is -2.23. The summed E-state index contributed by atoms with van der Waals surface area (Å²) >= 11 is 5.95. The third-order valence-electron chi connectivity index (χ3n) is 4.32. The number of hydrogen-bond donors (Lipinski definition) is 2. The van der Waals surface area contributed by atoms with E-state index in [2.05, 4.69) is 20.7 Å². The highest BCUT2D eigenvalue weighted by Gasteiger charge is 2.29. The van der Waals surface area contributed by atoms with Gasteiger partial charge < -0.3 is 0 Å². The third-order valence-corrected chi connectivity index (χ3v) is 4.57. The van der Waals surface area contributed by atoms with E-state index in [-0.39, 0.29) is 30.2 Å². The summed E-state index contributed by atoms with van der Waals surface area (Å²) in [4.78, 5) is 28.7. The molecule has 0 bridgehead atoms. The number of fused-ring (bicyclic) bond motifs is 1. The second-order valence-corrected chi connectivity index (χ2v) is 6.78. The maximum absolute atomic E-state index is 12.4. The van der Waals surface area contributed by atoms with E-state index in [4.69, 9.17) is 11.6 Å². The van der Waals surface area contributed by atoms with E-state index in [1.54, 1.807) is 28.9 Å². The molecule has 1 atom stereocenters. The van der Waals surface area contributed by atoms with Crippen LogP contribution < -0.4 is 10.6 Å². The molecule has 3 aromatic rings. The molecule has 0 radical (unpaired) electrons. The van der Waals surface area contributed by atoms with Crippen LogP contribution in [0.5, 0.6) is 0 Å². The fourth-order valence-electron chi connectivity index (χ4n) is 3.02. The molecule has 4 rings (SSSR count). The molecule has 0 spiro atoms. The van der Waals surface area contributed by atoms with Gasteiger partial charge in [0.2, 0.25) is 11.9 Å². The molecule has 1 aliphatic rings. The van der Waals surface area contributed by atoms with Crippen LogP contribution in [-0.4, -0.2) is 26.6 Å². The number of benzene rings is 2. The van der Waals surface area contributed by atoms with Crippen LogP contribution in [0.3, 0.4) is 0 Å². The maximum atomic E-state index is 12.4. The fourth-order valence-corrected chi connectivity index (χ4v) is 3.15. The molecule has 1 unspecified atom stereocenters. The molecule has 7 nitrogen and oxygen atoms in total. The lowest BCUT2D eigenvalue weighted by Crippen LogP contribution is -2.29. The molecule has 8 heteroatoms. The van der Waals surface area contributed by atoms with Crippen LogP contribution in [0.1, 0.15) is 33.9 Å². The van der Waals surface area contributed by atoms with Crippen molar-refractivity contribution in [2.45, 2.75) is 19.4 Å². The number of aryl methyl sites for hydroxylation is 1. The van der Waals surface area contributed by atoms with E-state index in [9.17, 15) is 9.59 Å². The van der Waals surface area contributed by atoms with Crippen LogP contribution in [0, 0.1) is 6.92 Å². The van der Waals surface area contributed by atoms with E-state index in [1.807, 2.05) is 31.2 Å². The lowest BCUT2D eigenvalue weighted by molar-refractivity contribution is -0.117. The molecule has 27 heavy (non-hydrogen) atoms. The van der Waals surface area contributed by atoms with Crippen molar-refractivity contribution in [1.29, 1.82) is 0 Å². The summed E-state index contributed by atoms with van der Waals surface area (Å²) in [5.74, 6) is -0.0363. The molecule has 2 aromatic carbocycles. The van der Waals surface area contributed by atoms with Crippen LogP contribution in [0.4, 0.5) is 11.9 Å². The number of carbonyl (C=O) groups is 2. The van der Waals surface area contributed by atoms with E-state index in [0.29, 0.717) is 16.5 Å². The molecule has 0 saturated heterocycles. The average Bonchev–Trinajstić information content (AvgIpc) is 3.03. The number of rotatable bonds is 3. The van der Waals surface area contributed by atoms with Gasteiger partial charge in [-0.15, -0.1) is 5.10 Å². The zero-order valence-electron chi connectivity index (χ0n) is 14.4. The highest BCUT2D eigenvalue weighted by atomic mass is 35.5. The number of anilines is 2. The van der Waals surface area contributed by atoms with Gasteiger partial charge in [0.15, 0.2) is 0 Å². The second-order valence-electron chi connectivity index (χ2n) is 6.35. The number of aromatic nitrogens is 3. The summed E-state index contributed by atoms with van der Waals surface area (Å²) in [7, 11) is 0. The van der Waals surface area contributed by atoms with Gasteiger partial charge in [-0.25, -0.2) is 4.68 Å². The minimum absolute atomic E-state index is 0.137. The zero-order chi connectivity index (χ0) is 19.0. The van der Waals surface area contributed by atoms with Crippen molar-refractivity contribution < 1.29 is 9.59 Å². The Balaban J connectivity index is 1.63. The topological polar surface area (TPSA) is 88.9 Å². The van der Waals surface area contributed by atoms with E-state index >= 15 is 0 Å². The molecule has 136 valence electrons. The monoisotopic (exact) mass is 381 g/mol. The summed E-state index contributed by atoms with van der Waals surface area (Å²) in [5.41, 5.74) is 2.38. The summed E-state index contributed by atoms with van der Waals surface area (Å²) < 4.78 is 1.61. The van der Waals surface area contributed by atoms with Crippen molar-refractivity contribution in [2.75, 3.05) is 10.6 Å². The Bertz CT molecular complexity index is 1030. The first-order valence-electron chi connectivity index (χ1n) is 8.39. The van der Waals surface area contributed by atoms with Gasteiger partial charge in [0, 0.05) is 10.6 Å². The Morgan fingerprint density at radius 2 is 2.04 bits per heavy atom. The number of hydrogen-bond acceptors (Lipinski definition) is 4. The number of halogens is 1. The van der Waals surface area contributed by atoms with Crippen LogP contribution in [0.25, 0.3) is 0 Å². The van der Waals surface area contributed by atoms with Crippen molar-refractivity contribution in [3.8, 4) is 0 Å². The molecule has 2 amide bonds. The first kappa shape index (κ1) is 17.2. The largest absolute Gasteiger partial charge is 0.295 e. The van der Waals surface area contributed by atoms with E-state index in [1.165, 1.54) is 0 Å². The first-order valence-corrected chi connectivity index (χ1v) is 8.77. The summed E-state index contributed by atoms with van der Waals surface area (Å²) in [6.45, 7) is 1.91. The van der Waals surface area contributed by atoms with Crippen molar-refractivity contribution in [3.63, 3.8) is 0 Å². The number of nitrogens with zero attached hydrogens (tertiary/aromatic N) is 3. The smallest absolute Gasteiger partial charge is 0.258 e. The number of amides is 2. The Kier molecular flexibility index (Phi) is 4.37. The van der Waals surface area contributed by atoms with Crippen molar-refractivity contribution in [3.05, 3.63) is 70.2 Å². The van der Waals surface area contributed by atoms with Gasteiger partial charge in [-0.3, -0.25) is 20.2 Å². The molecular weight excluding hydrogens is 366 g/mol. The predicted octanol–water partition coefficient (Wildman–Crippen LogP) is 3.42. The van der Waals surface area contributed by atoms with Gasteiger partial charge in [0.05, 0.1) is 12.5 Å². The van der Waals surface area contributed by atoms with Crippen LogP contribution in [-0.2, 0) is 4.79 Å². The standard InChI is InChI=1S/C19H16ClN5O2/c1-11-3-2-4-13(9-11)17(27)22-18-23-19-21-16(26)10-15(25(19)24-18)12-5-7-14(20)8-6-12/h2-9,15H,10H2,1H3,(H2,21,22,23,24,26,27). The highest BCUT2D eigenvalue weighted by molar-refractivity contribution is 6.30. The van der Waals surface area contributed by atoms with Gasteiger partial charge in [-0.1, -0.05) is 41.4 Å². The summed E-state index contributed by atoms with van der Waals surface area (Å²) in [6.07, 6.45) is 0.225. The van der Waals surface area contributed by atoms with E-state index < -0.39 is 0 Å². The molecule has 2 N–H and O–H groups in total. The second kappa shape index (κ2) is 6.85.